The van der Waals surface area contributed by atoms with E-state index in [-0.39, 0.29) is 5.78 Å². The summed E-state index contributed by atoms with van der Waals surface area (Å²) in [5.41, 5.74) is 1.55. The first-order valence-electron chi connectivity index (χ1n) is 11.7. The average molecular weight is 443 g/mol. The minimum atomic E-state index is 0.113. The van der Waals surface area contributed by atoms with E-state index in [1.807, 2.05) is 47.8 Å². The number of benzene rings is 2. The number of hydrogen-bond donors (Lipinski definition) is 0. The zero-order valence-electron chi connectivity index (χ0n) is 18.8. The molecule has 0 bridgehead atoms. The van der Waals surface area contributed by atoms with Crippen LogP contribution in [0.15, 0.2) is 58.3 Å². The first kappa shape index (κ1) is 25.1. The van der Waals surface area contributed by atoms with Gasteiger partial charge in [-0.1, -0.05) is 65.2 Å². The molecular weight excluding hydrogens is 404 g/mol. The summed E-state index contributed by atoms with van der Waals surface area (Å²) < 4.78 is 0. The molecule has 2 aromatic carbocycles. The van der Waals surface area contributed by atoms with Crippen molar-refractivity contribution in [2.45, 2.75) is 87.8 Å². The summed E-state index contributed by atoms with van der Waals surface area (Å²) in [4.78, 5) is 15.3. The Morgan fingerprint density at radius 2 is 0.933 bits per heavy atom. The zero-order chi connectivity index (χ0) is 21.4. The van der Waals surface area contributed by atoms with Crippen LogP contribution in [-0.4, -0.2) is 17.3 Å². The number of carbonyl (C=O) groups excluding carboxylic acids is 1. The molecule has 0 heterocycles. The summed E-state index contributed by atoms with van der Waals surface area (Å²) in [6.45, 7) is 4.50. The molecule has 0 unspecified atom stereocenters. The molecule has 0 saturated carbocycles. The molecule has 0 spiro atoms. The van der Waals surface area contributed by atoms with E-state index in [4.69, 9.17) is 0 Å². The lowest BCUT2D eigenvalue weighted by Crippen LogP contribution is -2.00. The molecule has 0 fully saturated rings. The Labute approximate surface area is 192 Å². The smallest absolute Gasteiger partial charge is 0.193 e. The predicted molar refractivity (Wildman–Crippen MR) is 135 cm³/mol. The molecule has 0 atom stereocenters. The zero-order valence-corrected chi connectivity index (χ0v) is 20.5. The highest BCUT2D eigenvalue weighted by Gasteiger charge is 2.09. The third kappa shape index (κ3) is 9.75. The molecule has 0 aliphatic heterocycles. The standard InChI is InChI=1S/C27H38OS2/c1-3-5-7-9-11-21-29-25-17-13-23(14-18-25)27(28)24-15-19-26(20-16-24)30-22-12-10-8-6-4-2/h13-20H,3-12,21-22H2,1-2H3. The number of carbonyl (C=O) groups is 1. The Hall–Kier alpha value is -1.19. The van der Waals surface area contributed by atoms with Gasteiger partial charge in [0.25, 0.3) is 0 Å². The quantitative estimate of drug-likeness (QED) is 0.147. The van der Waals surface area contributed by atoms with Gasteiger partial charge in [0.05, 0.1) is 0 Å². The normalized spacial score (nSPS) is 11.0. The Morgan fingerprint density at radius 1 is 0.567 bits per heavy atom. The lowest BCUT2D eigenvalue weighted by molar-refractivity contribution is 0.103. The van der Waals surface area contributed by atoms with Crippen LogP contribution in [0.3, 0.4) is 0 Å². The summed E-state index contributed by atoms with van der Waals surface area (Å²) in [5.74, 6) is 2.44. The van der Waals surface area contributed by atoms with Crippen molar-refractivity contribution >= 4 is 29.3 Å². The molecule has 0 radical (unpaired) electrons. The molecule has 164 valence electrons. The minimum Gasteiger partial charge on any atom is -0.289 e. The van der Waals surface area contributed by atoms with Gasteiger partial charge in [-0.15, -0.1) is 23.5 Å². The van der Waals surface area contributed by atoms with Crippen molar-refractivity contribution in [1.29, 1.82) is 0 Å². The van der Waals surface area contributed by atoms with Crippen molar-refractivity contribution in [3.05, 3.63) is 59.7 Å². The van der Waals surface area contributed by atoms with Gasteiger partial charge >= 0.3 is 0 Å². The van der Waals surface area contributed by atoms with Crippen molar-refractivity contribution in [2.75, 3.05) is 11.5 Å². The lowest BCUT2D eigenvalue weighted by Gasteiger charge is -2.06. The molecular formula is C27H38OS2. The van der Waals surface area contributed by atoms with E-state index < -0.39 is 0 Å². The highest BCUT2D eigenvalue weighted by Crippen LogP contribution is 2.23. The average Bonchev–Trinajstić information content (AvgIpc) is 2.79. The maximum atomic E-state index is 12.8. The summed E-state index contributed by atoms with van der Waals surface area (Å²) >= 11 is 3.79. The van der Waals surface area contributed by atoms with E-state index in [9.17, 15) is 4.79 Å². The Morgan fingerprint density at radius 3 is 1.30 bits per heavy atom. The van der Waals surface area contributed by atoms with Crippen molar-refractivity contribution in [1.82, 2.24) is 0 Å². The highest BCUT2D eigenvalue weighted by molar-refractivity contribution is 7.99. The van der Waals surface area contributed by atoms with Crippen molar-refractivity contribution in [3.8, 4) is 0 Å². The van der Waals surface area contributed by atoms with Crippen LogP contribution in [0.2, 0.25) is 0 Å². The molecule has 30 heavy (non-hydrogen) atoms. The monoisotopic (exact) mass is 442 g/mol. The van der Waals surface area contributed by atoms with Crippen molar-refractivity contribution in [3.63, 3.8) is 0 Å². The van der Waals surface area contributed by atoms with E-state index in [0.717, 1.165) is 22.6 Å². The SMILES string of the molecule is CCCCCCCSc1ccc(C(=O)c2ccc(SCCCCCCC)cc2)cc1. The van der Waals surface area contributed by atoms with Gasteiger partial charge in [-0.25, -0.2) is 0 Å². The number of ketones is 1. The summed E-state index contributed by atoms with van der Waals surface area (Å²) in [6.07, 6.45) is 13.2. The van der Waals surface area contributed by atoms with E-state index in [1.54, 1.807) is 0 Å². The van der Waals surface area contributed by atoms with E-state index in [2.05, 4.69) is 38.1 Å². The van der Waals surface area contributed by atoms with Gasteiger partial charge in [0.1, 0.15) is 0 Å². The Bertz CT molecular complexity index is 645. The largest absolute Gasteiger partial charge is 0.289 e. The number of rotatable bonds is 16. The van der Waals surface area contributed by atoms with Gasteiger partial charge in [-0.2, -0.15) is 0 Å². The Kier molecular flexibility index (Phi) is 13.0. The van der Waals surface area contributed by atoms with Crippen molar-refractivity contribution < 1.29 is 4.79 Å². The van der Waals surface area contributed by atoms with E-state index in [0.29, 0.717) is 0 Å². The summed E-state index contributed by atoms with van der Waals surface area (Å²) in [7, 11) is 0. The van der Waals surface area contributed by atoms with Crippen LogP contribution in [0.1, 0.15) is 94.0 Å². The van der Waals surface area contributed by atoms with Crippen LogP contribution in [-0.2, 0) is 0 Å². The summed E-state index contributed by atoms with van der Waals surface area (Å²) in [5, 5.41) is 0. The maximum Gasteiger partial charge on any atom is 0.193 e. The van der Waals surface area contributed by atoms with Crippen LogP contribution < -0.4 is 0 Å². The molecule has 0 aliphatic carbocycles. The van der Waals surface area contributed by atoms with E-state index >= 15 is 0 Å². The Balaban J connectivity index is 1.75. The van der Waals surface area contributed by atoms with Crippen LogP contribution in [0.25, 0.3) is 0 Å². The molecule has 2 rings (SSSR count). The van der Waals surface area contributed by atoms with Crippen LogP contribution in [0, 0.1) is 0 Å². The molecule has 0 saturated heterocycles. The van der Waals surface area contributed by atoms with Gasteiger partial charge < -0.3 is 0 Å². The minimum absolute atomic E-state index is 0.113. The fourth-order valence-corrected chi connectivity index (χ4v) is 5.19. The number of hydrogen-bond acceptors (Lipinski definition) is 3. The van der Waals surface area contributed by atoms with Gasteiger partial charge in [0, 0.05) is 20.9 Å². The second-order valence-electron chi connectivity index (χ2n) is 7.90. The molecule has 0 aromatic heterocycles. The second kappa shape index (κ2) is 15.6. The molecule has 3 heteroatoms. The summed E-state index contributed by atoms with van der Waals surface area (Å²) in [6, 6.07) is 16.3. The fraction of sp³-hybridized carbons (Fsp3) is 0.519. The lowest BCUT2D eigenvalue weighted by atomic mass is 10.0. The topological polar surface area (TPSA) is 17.1 Å². The predicted octanol–water partition coefficient (Wildman–Crippen LogP) is 9.04. The van der Waals surface area contributed by atoms with E-state index in [1.165, 1.54) is 74.0 Å². The third-order valence-electron chi connectivity index (χ3n) is 5.27. The first-order valence-corrected chi connectivity index (χ1v) is 13.7. The van der Waals surface area contributed by atoms with Gasteiger partial charge in [0.2, 0.25) is 0 Å². The van der Waals surface area contributed by atoms with Gasteiger partial charge in [0.15, 0.2) is 5.78 Å². The van der Waals surface area contributed by atoms with Crippen LogP contribution >= 0.6 is 23.5 Å². The van der Waals surface area contributed by atoms with Crippen molar-refractivity contribution in [2.24, 2.45) is 0 Å². The third-order valence-corrected chi connectivity index (χ3v) is 7.46. The second-order valence-corrected chi connectivity index (χ2v) is 10.2. The first-order chi connectivity index (χ1) is 14.7. The number of unbranched alkanes of at least 4 members (excludes halogenated alkanes) is 8. The number of thioether (sulfide) groups is 2. The maximum absolute atomic E-state index is 12.8. The van der Waals surface area contributed by atoms with Crippen LogP contribution in [0.4, 0.5) is 0 Å². The molecule has 0 aliphatic rings. The van der Waals surface area contributed by atoms with Gasteiger partial charge in [-0.3, -0.25) is 4.79 Å². The molecule has 0 amide bonds. The molecule has 1 nitrogen and oxygen atoms in total. The fourth-order valence-electron chi connectivity index (χ4n) is 3.36. The van der Waals surface area contributed by atoms with Gasteiger partial charge in [-0.05, 0) is 72.9 Å². The molecule has 2 aromatic rings. The molecule has 0 N–H and O–H groups in total. The highest BCUT2D eigenvalue weighted by atomic mass is 32.2. The van der Waals surface area contributed by atoms with Crippen LogP contribution in [0.5, 0.6) is 0 Å².